The Morgan fingerprint density at radius 1 is 0.840 bits per heavy atom. The first kappa shape index (κ1) is 59.7. The molecular formula is C59H75ClN10O11. The number of anilines is 2. The number of benzene rings is 3. The third kappa shape index (κ3) is 13.0. The molecule has 3 saturated heterocycles. The molecule has 1 saturated carbocycles. The number of piperidine rings is 2. The summed E-state index contributed by atoms with van der Waals surface area (Å²) in [5.41, 5.74) is 1.53. The maximum absolute atomic E-state index is 14.0. The minimum Gasteiger partial charge on any atom is -0.489 e. The first-order valence-corrected chi connectivity index (χ1v) is 28.2. The van der Waals surface area contributed by atoms with E-state index in [2.05, 4.69) is 64.4 Å². The largest absolute Gasteiger partial charge is 0.489 e. The minimum atomic E-state index is -1.48. The van der Waals surface area contributed by atoms with E-state index in [9.17, 15) is 48.7 Å². The fourth-order valence-electron chi connectivity index (χ4n) is 12.3. The highest BCUT2D eigenvalue weighted by molar-refractivity contribution is 6.31. The van der Waals surface area contributed by atoms with Gasteiger partial charge < -0.3 is 40.3 Å². The van der Waals surface area contributed by atoms with Crippen molar-refractivity contribution in [1.29, 1.82) is 5.26 Å². The minimum absolute atomic E-state index is 0.122. The molecule has 0 bridgehead atoms. The molecule has 4 fully saturated rings. The highest BCUT2D eigenvalue weighted by Crippen LogP contribution is 2.55. The van der Waals surface area contributed by atoms with Crippen molar-refractivity contribution in [1.82, 2.24) is 35.6 Å². The predicted molar refractivity (Wildman–Crippen MR) is 302 cm³/mol. The number of ether oxygens (including phenoxy) is 2. The lowest BCUT2D eigenvalue weighted by molar-refractivity contribution is -0.164. The number of fused-ring (bicyclic) bond motifs is 1. The number of likely N-dealkylation sites (tertiary alicyclic amines) is 1. The first-order valence-electron chi connectivity index (χ1n) is 27.8. The standard InChI is InChI=1S/C59H75ClN10O11/c1-35(2)47(63-55(77)81-57(3,4)5)49(73)62-22-25-68(56(78)79)34-69-46(71)19-18-45(52(69)76)70-50(74)42-17-15-40(30-43(42)51(70)75)67-28-26-65(27-29-67)33-36-20-23-66(24-21-36)39-13-10-37(11-14-39)48(72)64-53-58(6,7)54(59(53,8)9)80-41-16-12-38(32-61)44(60)31-41/h10-17,30-31,35-36,45,47,53-54H,18-29,33-34H2,1-9H3,(H,62,73)(H,63,77)(H,64,72)(H,78,79). The normalized spacial score (nSPS) is 21.4. The summed E-state index contributed by atoms with van der Waals surface area (Å²) >= 11 is 6.27. The van der Waals surface area contributed by atoms with Gasteiger partial charge in [0.1, 0.15) is 42.3 Å². The molecule has 0 radical (unpaired) electrons. The van der Waals surface area contributed by atoms with Crippen molar-refractivity contribution in [3.63, 3.8) is 0 Å². The van der Waals surface area contributed by atoms with Crippen LogP contribution in [0.2, 0.25) is 5.02 Å². The topological polar surface area (TPSA) is 255 Å². The molecule has 22 heteroatoms. The third-order valence-corrected chi connectivity index (χ3v) is 16.7. The van der Waals surface area contributed by atoms with E-state index in [4.69, 9.17) is 21.1 Å². The lowest BCUT2D eigenvalue weighted by atomic mass is 9.49. The molecule has 5 aliphatic rings. The number of nitrogens with one attached hydrogen (secondary N) is 3. The Balaban J connectivity index is 0.781. The maximum atomic E-state index is 14.0. The van der Waals surface area contributed by atoms with Gasteiger partial charge in [-0.05, 0) is 106 Å². The molecule has 8 amide bonds. The van der Waals surface area contributed by atoms with Crippen LogP contribution in [0.15, 0.2) is 60.7 Å². The van der Waals surface area contributed by atoms with Crippen molar-refractivity contribution in [3.8, 4) is 11.8 Å². The van der Waals surface area contributed by atoms with E-state index in [0.29, 0.717) is 40.9 Å². The molecule has 3 aromatic rings. The number of carboxylic acid groups (broad SMARTS) is 1. The number of amides is 8. The molecule has 434 valence electrons. The van der Waals surface area contributed by atoms with Crippen molar-refractivity contribution in [2.24, 2.45) is 22.7 Å². The van der Waals surface area contributed by atoms with Crippen LogP contribution in [-0.4, -0.2) is 168 Å². The molecule has 81 heavy (non-hydrogen) atoms. The Bertz CT molecular complexity index is 2960. The van der Waals surface area contributed by atoms with Gasteiger partial charge in [-0.25, -0.2) is 9.59 Å². The van der Waals surface area contributed by atoms with Crippen LogP contribution in [0.3, 0.4) is 0 Å². The number of hydrogen-bond donors (Lipinski definition) is 4. The quantitative estimate of drug-likeness (QED) is 0.104. The van der Waals surface area contributed by atoms with Crippen molar-refractivity contribution in [2.75, 3.05) is 75.4 Å². The van der Waals surface area contributed by atoms with Crippen molar-refractivity contribution in [3.05, 3.63) is 87.9 Å². The van der Waals surface area contributed by atoms with Gasteiger partial charge in [-0.2, -0.15) is 5.26 Å². The molecule has 4 heterocycles. The van der Waals surface area contributed by atoms with Gasteiger partial charge in [-0.3, -0.25) is 48.4 Å². The van der Waals surface area contributed by atoms with Crippen LogP contribution in [0.1, 0.15) is 125 Å². The lowest BCUT2D eigenvalue weighted by Gasteiger charge is -2.63. The summed E-state index contributed by atoms with van der Waals surface area (Å²) in [6.45, 7) is 21.3. The number of nitrogens with zero attached hydrogens (tertiary/aromatic N) is 7. The molecule has 8 rings (SSSR count). The molecule has 4 N–H and O–H groups in total. The van der Waals surface area contributed by atoms with E-state index in [-0.39, 0.29) is 71.9 Å². The van der Waals surface area contributed by atoms with E-state index in [0.717, 1.165) is 71.6 Å². The number of alkyl carbamates (subject to hydrolysis) is 1. The second kappa shape index (κ2) is 23.9. The van der Waals surface area contributed by atoms with Crippen LogP contribution < -0.4 is 30.5 Å². The first-order chi connectivity index (χ1) is 38.2. The van der Waals surface area contributed by atoms with E-state index >= 15 is 0 Å². The number of rotatable bonds is 17. The van der Waals surface area contributed by atoms with Gasteiger partial charge in [0.2, 0.25) is 11.8 Å². The summed E-state index contributed by atoms with van der Waals surface area (Å²) in [5, 5.41) is 28.1. The third-order valence-electron chi connectivity index (χ3n) is 16.4. The molecule has 2 atom stereocenters. The molecule has 0 spiro atoms. The van der Waals surface area contributed by atoms with Crippen LogP contribution in [-0.2, 0) is 19.1 Å². The molecule has 21 nitrogen and oxygen atoms in total. The maximum Gasteiger partial charge on any atom is 0.408 e. The number of hydrogen-bond acceptors (Lipinski definition) is 14. The monoisotopic (exact) mass is 1130 g/mol. The highest BCUT2D eigenvalue weighted by atomic mass is 35.5. The van der Waals surface area contributed by atoms with E-state index in [1.807, 2.05) is 24.3 Å². The summed E-state index contributed by atoms with van der Waals surface area (Å²) in [5.74, 6) is -2.89. The van der Waals surface area contributed by atoms with Crippen molar-refractivity contribution < 1.29 is 52.9 Å². The molecule has 1 aliphatic carbocycles. The van der Waals surface area contributed by atoms with E-state index in [1.165, 1.54) is 0 Å². The molecule has 3 aromatic carbocycles. The Morgan fingerprint density at radius 3 is 2.07 bits per heavy atom. The highest BCUT2D eigenvalue weighted by Gasteiger charge is 2.64. The second-order valence-electron chi connectivity index (χ2n) is 24.3. The van der Waals surface area contributed by atoms with Gasteiger partial charge in [0.25, 0.3) is 23.6 Å². The molecule has 4 aliphatic heterocycles. The second-order valence-corrected chi connectivity index (χ2v) is 24.7. The van der Waals surface area contributed by atoms with Crippen LogP contribution in [0.25, 0.3) is 0 Å². The summed E-state index contributed by atoms with van der Waals surface area (Å²) in [7, 11) is 0. The van der Waals surface area contributed by atoms with Crippen LogP contribution in [0, 0.1) is 34.0 Å². The Hall–Kier alpha value is -7.44. The van der Waals surface area contributed by atoms with E-state index < -0.39 is 66.1 Å². The smallest absolute Gasteiger partial charge is 0.408 e. The Kier molecular flexibility index (Phi) is 17.6. The van der Waals surface area contributed by atoms with Crippen molar-refractivity contribution >= 4 is 70.6 Å². The number of carbonyl (C=O) groups excluding carboxylic acids is 7. The van der Waals surface area contributed by atoms with Gasteiger partial charge in [-0.15, -0.1) is 0 Å². The molecule has 0 aromatic heterocycles. The van der Waals surface area contributed by atoms with Crippen LogP contribution in [0.4, 0.5) is 21.0 Å². The van der Waals surface area contributed by atoms with Gasteiger partial charge in [0, 0.05) is 105 Å². The number of imide groups is 2. The lowest BCUT2D eigenvalue weighted by Crippen LogP contribution is -2.74. The average molecular weight is 1140 g/mol. The molecular weight excluding hydrogens is 1060 g/mol. The summed E-state index contributed by atoms with van der Waals surface area (Å²) in [4.78, 5) is 116. The summed E-state index contributed by atoms with van der Waals surface area (Å²) < 4.78 is 11.7. The van der Waals surface area contributed by atoms with Crippen LogP contribution >= 0.6 is 11.6 Å². The van der Waals surface area contributed by atoms with Gasteiger partial charge in [-0.1, -0.05) is 53.1 Å². The zero-order valence-corrected chi connectivity index (χ0v) is 48.4. The summed E-state index contributed by atoms with van der Waals surface area (Å²) in [6.07, 6.45) is -0.781. The average Bonchev–Trinajstić information content (AvgIpc) is 2.77. The van der Waals surface area contributed by atoms with Gasteiger partial charge in [0.05, 0.1) is 21.7 Å². The number of halogens is 1. The van der Waals surface area contributed by atoms with Gasteiger partial charge >= 0.3 is 12.2 Å². The zero-order valence-electron chi connectivity index (χ0n) is 47.7. The summed E-state index contributed by atoms with van der Waals surface area (Å²) in [6, 6.07) is 17.5. The fraction of sp³-hybridized carbons (Fsp3) is 0.542. The van der Waals surface area contributed by atoms with E-state index in [1.54, 1.807) is 71.0 Å². The number of carbonyl (C=O) groups is 8. The van der Waals surface area contributed by atoms with Gasteiger partial charge in [0.15, 0.2) is 0 Å². The molecule has 2 unspecified atom stereocenters. The Labute approximate surface area is 478 Å². The fourth-order valence-corrected chi connectivity index (χ4v) is 12.5. The number of nitriles is 1. The predicted octanol–water partition coefficient (Wildman–Crippen LogP) is 6.58. The number of piperazine rings is 1. The SMILES string of the molecule is CC(C)C(NC(=O)OC(C)(C)C)C(=O)NCCN(CN1C(=O)CCC(N2C(=O)c3ccc(N4CCN(CC5CCN(c6ccc(C(=O)NC7C(C)(C)C(Oc8ccc(C#N)c(Cl)c8)C7(C)C)cc6)CC5)CC4)cc3C2=O)C1=O)C(=O)O. The van der Waals surface area contributed by atoms with Crippen molar-refractivity contribution in [2.45, 2.75) is 118 Å². The Morgan fingerprint density at radius 2 is 1.47 bits per heavy atom. The zero-order chi connectivity index (χ0) is 58.9. The van der Waals surface area contributed by atoms with Crippen LogP contribution in [0.5, 0.6) is 5.75 Å².